The lowest BCUT2D eigenvalue weighted by atomic mass is 10.1. The smallest absolute Gasteiger partial charge is 0.336 e. The highest BCUT2D eigenvalue weighted by molar-refractivity contribution is 7.80. The summed E-state index contributed by atoms with van der Waals surface area (Å²) in [5.41, 5.74) is 3.54. The van der Waals surface area contributed by atoms with Crippen LogP contribution in [0.4, 0.5) is 10.1 Å². The zero-order chi connectivity index (χ0) is 25.6. The van der Waals surface area contributed by atoms with Gasteiger partial charge in [0, 0.05) is 17.1 Å². The second-order valence-corrected chi connectivity index (χ2v) is 8.77. The molecule has 1 saturated heterocycles. The van der Waals surface area contributed by atoms with Gasteiger partial charge in [0.1, 0.15) is 11.4 Å². The van der Waals surface area contributed by atoms with Gasteiger partial charge < -0.3 is 9.67 Å². The van der Waals surface area contributed by atoms with E-state index in [1.54, 1.807) is 32.0 Å². The monoisotopic (exact) mass is 511 g/mol. The first-order valence-corrected chi connectivity index (χ1v) is 11.2. The number of carbonyl (C=O) groups excluding carboxylic acids is 2. The number of anilines is 1. The van der Waals surface area contributed by atoms with Gasteiger partial charge in [0.2, 0.25) is 0 Å². The largest absolute Gasteiger partial charge is 0.478 e. The van der Waals surface area contributed by atoms with Crippen LogP contribution >= 0.6 is 23.8 Å². The van der Waals surface area contributed by atoms with Crippen molar-refractivity contribution in [2.75, 3.05) is 4.90 Å². The fourth-order valence-corrected chi connectivity index (χ4v) is 4.53. The minimum absolute atomic E-state index is 0.147. The number of nitrogens with zero attached hydrogens (tertiary/aromatic N) is 2. The van der Waals surface area contributed by atoms with Gasteiger partial charge in [-0.3, -0.25) is 19.8 Å². The molecule has 0 atom stereocenters. The Hall–Kier alpha value is -3.82. The number of rotatable bonds is 4. The number of aryl methyl sites for hydroxylation is 1. The number of halogens is 2. The van der Waals surface area contributed by atoms with Crippen LogP contribution in [-0.4, -0.2) is 32.6 Å². The summed E-state index contributed by atoms with van der Waals surface area (Å²) in [6, 6.07) is 10.5. The fourth-order valence-electron chi connectivity index (χ4n) is 4.07. The first-order valence-electron chi connectivity index (χ1n) is 10.4. The summed E-state index contributed by atoms with van der Waals surface area (Å²) >= 11 is 11.0. The van der Waals surface area contributed by atoms with Gasteiger partial charge in [-0.15, -0.1) is 0 Å². The quantitative estimate of drug-likeness (QED) is 0.300. The molecule has 1 aliphatic heterocycles. The molecule has 3 aromatic rings. The maximum Gasteiger partial charge on any atom is 0.336 e. The third-order valence-electron chi connectivity index (χ3n) is 5.81. The predicted molar refractivity (Wildman–Crippen MR) is 135 cm³/mol. The summed E-state index contributed by atoms with van der Waals surface area (Å²) < 4.78 is 15.5. The molecule has 1 fully saturated rings. The molecule has 0 spiro atoms. The van der Waals surface area contributed by atoms with E-state index in [0.29, 0.717) is 22.5 Å². The standard InChI is InChI=1S/C25H19ClFN3O4S/c1-12-9-15(14(3)29(12)21-6-4-5-17(13(21)2)24(33)34)10-18-22(31)28-25(35)30(23(18)32)16-7-8-20(27)19(26)11-16/h4-11H,1-3H3,(H,33,34)(H,28,31,35)/b18-10-. The van der Waals surface area contributed by atoms with Crippen molar-refractivity contribution < 1.29 is 23.9 Å². The Labute approximate surface area is 210 Å². The molecule has 178 valence electrons. The molecule has 0 radical (unpaired) electrons. The van der Waals surface area contributed by atoms with Gasteiger partial charge in [-0.25, -0.2) is 9.18 Å². The number of aromatic carboxylic acids is 1. The van der Waals surface area contributed by atoms with Gasteiger partial charge in [0.05, 0.1) is 16.3 Å². The topological polar surface area (TPSA) is 91.6 Å². The Morgan fingerprint density at radius 1 is 1.14 bits per heavy atom. The van der Waals surface area contributed by atoms with Gasteiger partial charge >= 0.3 is 5.97 Å². The molecular formula is C25H19ClFN3O4S. The van der Waals surface area contributed by atoms with E-state index in [0.717, 1.165) is 16.7 Å². The number of amides is 2. The summed E-state index contributed by atoms with van der Waals surface area (Å²) in [6.45, 7) is 5.37. The third-order valence-corrected chi connectivity index (χ3v) is 6.38. The van der Waals surface area contributed by atoms with Crippen molar-refractivity contribution in [1.29, 1.82) is 0 Å². The van der Waals surface area contributed by atoms with Crippen molar-refractivity contribution in [1.82, 2.24) is 9.88 Å². The number of nitrogens with one attached hydrogen (secondary N) is 1. The SMILES string of the molecule is Cc1c(C(=O)O)cccc1-n1c(C)cc(/C=C2/C(=O)NC(=S)N(c3ccc(F)c(Cl)c3)C2=O)c1C. The number of benzene rings is 2. The van der Waals surface area contributed by atoms with Crippen LogP contribution in [0.5, 0.6) is 0 Å². The highest BCUT2D eigenvalue weighted by Crippen LogP contribution is 2.29. The number of hydrogen-bond donors (Lipinski definition) is 2. The molecule has 4 rings (SSSR count). The van der Waals surface area contributed by atoms with Crippen molar-refractivity contribution in [2.45, 2.75) is 20.8 Å². The average molecular weight is 512 g/mol. The molecule has 2 heterocycles. The molecule has 0 saturated carbocycles. The Bertz CT molecular complexity index is 1480. The fraction of sp³-hybridized carbons (Fsp3) is 0.120. The van der Waals surface area contributed by atoms with Crippen molar-refractivity contribution in [2.24, 2.45) is 0 Å². The summed E-state index contributed by atoms with van der Waals surface area (Å²) in [5, 5.41) is 11.6. The lowest BCUT2D eigenvalue weighted by molar-refractivity contribution is -0.122. The third kappa shape index (κ3) is 4.24. The van der Waals surface area contributed by atoms with E-state index < -0.39 is 23.6 Å². The molecule has 7 nitrogen and oxygen atoms in total. The van der Waals surface area contributed by atoms with Crippen molar-refractivity contribution in [3.63, 3.8) is 0 Å². The Morgan fingerprint density at radius 2 is 1.86 bits per heavy atom. The zero-order valence-corrected chi connectivity index (χ0v) is 20.4. The molecule has 0 bridgehead atoms. The molecular weight excluding hydrogens is 493 g/mol. The van der Waals surface area contributed by atoms with Crippen molar-refractivity contribution in [3.05, 3.63) is 87.0 Å². The summed E-state index contributed by atoms with van der Waals surface area (Å²) in [6.07, 6.45) is 1.45. The number of carboxylic acid groups (broad SMARTS) is 1. The van der Waals surface area contributed by atoms with Crippen molar-refractivity contribution in [3.8, 4) is 5.69 Å². The highest BCUT2D eigenvalue weighted by Gasteiger charge is 2.35. The van der Waals surface area contributed by atoms with E-state index in [4.69, 9.17) is 23.8 Å². The molecule has 1 aromatic heterocycles. The Balaban J connectivity index is 1.80. The van der Waals surface area contributed by atoms with E-state index in [1.165, 1.54) is 24.3 Å². The molecule has 0 aliphatic carbocycles. The van der Waals surface area contributed by atoms with Crippen LogP contribution in [0.2, 0.25) is 5.02 Å². The number of thiocarbonyl (C=S) groups is 1. The van der Waals surface area contributed by atoms with Crippen LogP contribution in [0.3, 0.4) is 0 Å². The van der Waals surface area contributed by atoms with Crippen LogP contribution in [-0.2, 0) is 9.59 Å². The van der Waals surface area contributed by atoms with Crippen LogP contribution in [0, 0.1) is 26.6 Å². The Kier molecular flexibility index (Phi) is 6.31. The molecule has 0 unspecified atom stereocenters. The van der Waals surface area contributed by atoms with E-state index in [9.17, 15) is 23.9 Å². The average Bonchev–Trinajstić information content (AvgIpc) is 3.06. The highest BCUT2D eigenvalue weighted by atomic mass is 35.5. The summed E-state index contributed by atoms with van der Waals surface area (Å²) in [4.78, 5) is 38.6. The molecule has 35 heavy (non-hydrogen) atoms. The Morgan fingerprint density at radius 3 is 2.51 bits per heavy atom. The molecule has 1 aliphatic rings. The molecule has 2 amide bonds. The number of aromatic nitrogens is 1. The summed E-state index contributed by atoms with van der Waals surface area (Å²) in [7, 11) is 0. The zero-order valence-electron chi connectivity index (χ0n) is 18.8. The van der Waals surface area contributed by atoms with Gasteiger partial charge in [0.25, 0.3) is 11.8 Å². The molecule has 2 aromatic carbocycles. The first-order chi connectivity index (χ1) is 16.5. The van der Waals surface area contributed by atoms with E-state index in [1.807, 2.05) is 11.5 Å². The molecule has 10 heteroatoms. The molecule has 2 N–H and O–H groups in total. The minimum atomic E-state index is -1.03. The van der Waals surface area contributed by atoms with Crippen LogP contribution < -0.4 is 10.2 Å². The predicted octanol–water partition coefficient (Wildman–Crippen LogP) is 4.72. The number of carboxylic acids is 1. The second-order valence-electron chi connectivity index (χ2n) is 7.97. The van der Waals surface area contributed by atoms with Gasteiger partial charge in [-0.1, -0.05) is 17.7 Å². The number of carbonyl (C=O) groups is 3. The van der Waals surface area contributed by atoms with Crippen molar-refractivity contribution >= 4 is 58.5 Å². The van der Waals surface area contributed by atoms with Gasteiger partial charge in [0.15, 0.2) is 5.11 Å². The number of hydrogen-bond acceptors (Lipinski definition) is 4. The second kappa shape index (κ2) is 9.09. The van der Waals surface area contributed by atoms with E-state index in [2.05, 4.69) is 5.32 Å². The maximum absolute atomic E-state index is 13.6. The van der Waals surface area contributed by atoms with Crippen LogP contribution in [0.15, 0.2) is 48.0 Å². The van der Waals surface area contributed by atoms with Crippen LogP contribution in [0.25, 0.3) is 11.8 Å². The van der Waals surface area contributed by atoms with Gasteiger partial charge in [-0.2, -0.15) is 0 Å². The minimum Gasteiger partial charge on any atom is -0.478 e. The maximum atomic E-state index is 13.6. The normalized spacial score (nSPS) is 15.1. The lowest BCUT2D eigenvalue weighted by Gasteiger charge is -2.29. The summed E-state index contributed by atoms with van der Waals surface area (Å²) in [5.74, 6) is -3.04. The first kappa shape index (κ1) is 24.3. The van der Waals surface area contributed by atoms with Crippen LogP contribution in [0.1, 0.15) is 32.9 Å². The van der Waals surface area contributed by atoms with Gasteiger partial charge in [-0.05, 0) is 86.6 Å². The lowest BCUT2D eigenvalue weighted by Crippen LogP contribution is -2.54. The van der Waals surface area contributed by atoms with E-state index >= 15 is 0 Å². The van der Waals surface area contributed by atoms with E-state index in [-0.39, 0.29) is 27.0 Å².